The van der Waals surface area contributed by atoms with Crippen LogP contribution in [0, 0.1) is 11.7 Å². The van der Waals surface area contributed by atoms with Crippen molar-refractivity contribution in [3.8, 4) is 5.75 Å². The van der Waals surface area contributed by atoms with Crippen molar-refractivity contribution < 1.29 is 13.9 Å². The summed E-state index contributed by atoms with van der Waals surface area (Å²) in [4.78, 5) is 17.1. The second-order valence-electron chi connectivity index (χ2n) is 8.02. The minimum Gasteiger partial charge on any atom is -0.494 e. The molecule has 1 aromatic rings. The van der Waals surface area contributed by atoms with E-state index in [0.29, 0.717) is 20.5 Å². The van der Waals surface area contributed by atoms with Crippen molar-refractivity contribution in [1.82, 2.24) is 15.1 Å². The van der Waals surface area contributed by atoms with Gasteiger partial charge in [0.2, 0.25) is 0 Å². The smallest absolute Gasteiger partial charge is 0.252 e. The number of nitrogens with zero attached hydrogens (tertiary/aromatic N) is 2. The first-order chi connectivity index (χ1) is 14.1. The first-order valence-electron chi connectivity index (χ1n) is 10.1. The van der Waals surface area contributed by atoms with Gasteiger partial charge in [0.25, 0.3) is 5.91 Å². The lowest BCUT2D eigenvalue weighted by Gasteiger charge is -2.35. The van der Waals surface area contributed by atoms with Crippen LogP contribution in [-0.4, -0.2) is 54.3 Å². The molecule has 3 unspecified atom stereocenters. The Bertz CT molecular complexity index is 915. The minimum absolute atomic E-state index is 0.000538. The molecule has 2 saturated heterocycles. The molecule has 0 saturated carbocycles. The number of likely N-dealkylation sites (tertiary alicyclic amines) is 1. The number of benzene rings is 1. The number of methoxy groups -OCH3 is 1. The minimum atomic E-state index is -0.406. The summed E-state index contributed by atoms with van der Waals surface area (Å²) in [7, 11) is 1.82. The topological polar surface area (TPSA) is 44.8 Å². The van der Waals surface area contributed by atoms with Gasteiger partial charge in [-0.25, -0.2) is 4.39 Å². The molecular formula is C22H25FN3O2P. The van der Waals surface area contributed by atoms with Crippen molar-refractivity contribution >= 4 is 19.8 Å². The fourth-order valence-corrected chi connectivity index (χ4v) is 6.09. The third-order valence-corrected chi connectivity index (χ3v) is 7.78. The molecule has 4 atom stereocenters. The summed E-state index contributed by atoms with van der Waals surface area (Å²) in [5, 5.41) is 4.52. The quantitative estimate of drug-likeness (QED) is 0.774. The van der Waals surface area contributed by atoms with Gasteiger partial charge in [0.1, 0.15) is 0 Å². The number of carbonyl (C=O) groups is 1. The molecule has 5 nitrogen and oxygen atoms in total. The van der Waals surface area contributed by atoms with Crippen LogP contribution in [0.3, 0.4) is 0 Å². The zero-order valence-electron chi connectivity index (χ0n) is 16.4. The molecule has 7 heteroatoms. The van der Waals surface area contributed by atoms with E-state index in [1.807, 2.05) is 17.2 Å². The largest absolute Gasteiger partial charge is 0.494 e. The van der Waals surface area contributed by atoms with Gasteiger partial charge in [0, 0.05) is 31.4 Å². The maximum Gasteiger partial charge on any atom is 0.252 e. The van der Waals surface area contributed by atoms with E-state index >= 15 is 0 Å². The highest BCUT2D eigenvalue weighted by Gasteiger charge is 2.36. The van der Waals surface area contributed by atoms with Crippen LogP contribution in [0.1, 0.15) is 18.4 Å². The number of fused-ring (bicyclic) bond motifs is 2. The van der Waals surface area contributed by atoms with Gasteiger partial charge in [-0.1, -0.05) is 20.7 Å². The molecule has 5 rings (SSSR count). The molecule has 29 heavy (non-hydrogen) atoms. The number of hydrogen-bond acceptors (Lipinski definition) is 4. The van der Waals surface area contributed by atoms with E-state index in [0.717, 1.165) is 36.2 Å². The van der Waals surface area contributed by atoms with E-state index in [9.17, 15) is 9.18 Å². The number of rotatable bonds is 3. The average molecular weight is 413 g/mol. The van der Waals surface area contributed by atoms with Crippen molar-refractivity contribution in [1.29, 1.82) is 0 Å². The molecule has 4 heterocycles. The second kappa shape index (κ2) is 7.58. The van der Waals surface area contributed by atoms with Gasteiger partial charge >= 0.3 is 0 Å². The standard InChI is InChI=1S/C22H25FN3O2P/c1-28-19-6-4-14(9-17(19)23)20-10-21(27)26-12-16(5-7-22(26)29-20)25-11-15-3-2-8-24-18(15)13-25/h4-7,9-10,12,15,18,22,24,29H,2-3,8,11,13H2,1H3/t15-,18?,22?/m1/s1. The lowest BCUT2D eigenvalue weighted by molar-refractivity contribution is -0.123. The van der Waals surface area contributed by atoms with Gasteiger partial charge in [-0.05, 0) is 54.4 Å². The van der Waals surface area contributed by atoms with E-state index in [1.54, 1.807) is 12.1 Å². The first-order valence-corrected chi connectivity index (χ1v) is 11.2. The van der Waals surface area contributed by atoms with Crippen molar-refractivity contribution in [2.75, 3.05) is 26.7 Å². The van der Waals surface area contributed by atoms with Crippen LogP contribution in [0.2, 0.25) is 0 Å². The summed E-state index contributed by atoms with van der Waals surface area (Å²) in [6.07, 6.45) is 10.4. The first kappa shape index (κ1) is 18.8. The van der Waals surface area contributed by atoms with Gasteiger partial charge in [-0.2, -0.15) is 0 Å². The zero-order chi connectivity index (χ0) is 20.0. The number of allylic oxidation sites excluding steroid dienone is 1. The van der Waals surface area contributed by atoms with Gasteiger partial charge in [0.05, 0.1) is 18.6 Å². The molecule has 1 amide bonds. The highest BCUT2D eigenvalue weighted by molar-refractivity contribution is 7.51. The SMILES string of the molecule is COc1ccc(C2=CC(=O)N3C=C(N4CC5NCCC[C@@H]5C4)C=CC3P2)cc1F. The Kier molecular flexibility index (Phi) is 4.92. The van der Waals surface area contributed by atoms with E-state index in [1.165, 1.54) is 26.0 Å². The summed E-state index contributed by atoms with van der Waals surface area (Å²) in [6.45, 7) is 3.16. The number of carbonyl (C=O) groups excluding carboxylic acids is 1. The van der Waals surface area contributed by atoms with E-state index < -0.39 is 5.82 Å². The number of nitrogens with one attached hydrogen (secondary N) is 1. The lowest BCUT2D eigenvalue weighted by Crippen LogP contribution is -2.41. The fraction of sp³-hybridized carbons (Fsp3) is 0.409. The second-order valence-corrected chi connectivity index (χ2v) is 9.44. The van der Waals surface area contributed by atoms with Gasteiger partial charge in [-0.3, -0.25) is 4.79 Å². The van der Waals surface area contributed by atoms with E-state index in [2.05, 4.69) is 22.4 Å². The van der Waals surface area contributed by atoms with Crippen LogP contribution in [0.5, 0.6) is 5.75 Å². The highest BCUT2D eigenvalue weighted by atomic mass is 31.1. The summed E-state index contributed by atoms with van der Waals surface area (Å²) < 4.78 is 19.1. The van der Waals surface area contributed by atoms with Crippen LogP contribution in [0.25, 0.3) is 5.31 Å². The third kappa shape index (κ3) is 3.49. The molecule has 2 fully saturated rings. The lowest BCUT2D eigenvalue weighted by atomic mass is 9.94. The maximum absolute atomic E-state index is 14.1. The van der Waals surface area contributed by atoms with Crippen molar-refractivity contribution in [3.05, 3.63) is 59.7 Å². The Hall–Kier alpha value is -2.17. The van der Waals surface area contributed by atoms with Crippen LogP contribution >= 0.6 is 8.58 Å². The van der Waals surface area contributed by atoms with Gasteiger partial charge < -0.3 is 19.9 Å². The van der Waals surface area contributed by atoms with Crippen LogP contribution in [0.15, 0.2) is 48.3 Å². The van der Waals surface area contributed by atoms with E-state index in [-0.39, 0.29) is 17.4 Å². The predicted octanol–water partition coefficient (Wildman–Crippen LogP) is 3.12. The summed E-state index contributed by atoms with van der Waals surface area (Å²) in [6, 6.07) is 5.44. The van der Waals surface area contributed by atoms with Crippen LogP contribution in [0.4, 0.5) is 4.39 Å². The van der Waals surface area contributed by atoms with Crippen LogP contribution < -0.4 is 10.1 Å². The number of halogens is 1. The molecule has 0 aliphatic carbocycles. The molecule has 0 spiro atoms. The normalized spacial score (nSPS) is 29.4. The Morgan fingerprint density at radius 1 is 1.31 bits per heavy atom. The monoisotopic (exact) mass is 413 g/mol. The maximum atomic E-state index is 14.1. The average Bonchev–Trinajstić information content (AvgIpc) is 3.17. The Labute approximate surface area is 172 Å². The summed E-state index contributed by atoms with van der Waals surface area (Å²) in [5.41, 5.74) is 1.86. The summed E-state index contributed by atoms with van der Waals surface area (Å²) >= 11 is 0. The van der Waals surface area contributed by atoms with Crippen molar-refractivity contribution in [2.24, 2.45) is 5.92 Å². The fourth-order valence-electron chi connectivity index (χ4n) is 4.71. The highest BCUT2D eigenvalue weighted by Crippen LogP contribution is 2.45. The van der Waals surface area contributed by atoms with Crippen molar-refractivity contribution in [3.63, 3.8) is 0 Å². The third-order valence-electron chi connectivity index (χ3n) is 6.27. The molecule has 0 bridgehead atoms. The Morgan fingerprint density at radius 3 is 3.00 bits per heavy atom. The van der Waals surface area contributed by atoms with Gasteiger partial charge in [-0.15, -0.1) is 0 Å². The molecule has 152 valence electrons. The zero-order valence-corrected chi connectivity index (χ0v) is 17.4. The molecule has 4 aliphatic heterocycles. The number of ether oxygens (including phenoxy) is 1. The Balaban J connectivity index is 1.35. The number of amides is 1. The molecule has 1 N–H and O–H groups in total. The molecule has 0 radical (unpaired) electrons. The van der Waals surface area contributed by atoms with Crippen molar-refractivity contribution in [2.45, 2.75) is 24.7 Å². The molecule has 1 aromatic carbocycles. The summed E-state index contributed by atoms with van der Waals surface area (Å²) in [5.74, 6) is 0.463. The van der Waals surface area contributed by atoms with Crippen LogP contribution in [-0.2, 0) is 4.79 Å². The van der Waals surface area contributed by atoms with E-state index in [4.69, 9.17) is 4.74 Å². The Morgan fingerprint density at radius 2 is 2.21 bits per heavy atom. The predicted molar refractivity (Wildman–Crippen MR) is 113 cm³/mol. The number of piperidine rings is 1. The molecule has 4 aliphatic rings. The molecule has 0 aromatic heterocycles. The molecular weight excluding hydrogens is 388 g/mol. The van der Waals surface area contributed by atoms with Gasteiger partial charge in [0.15, 0.2) is 11.6 Å². The number of hydrogen-bond donors (Lipinski definition) is 1.